The predicted molar refractivity (Wildman–Crippen MR) is 113 cm³/mol. The molecule has 0 aliphatic rings. The van der Waals surface area contributed by atoms with Crippen molar-refractivity contribution in [1.29, 1.82) is 0 Å². The molecule has 0 N–H and O–H groups in total. The van der Waals surface area contributed by atoms with E-state index in [9.17, 15) is 0 Å². The van der Waals surface area contributed by atoms with Crippen molar-refractivity contribution < 1.29 is 4.43 Å². The zero-order valence-corrected chi connectivity index (χ0v) is 17.0. The van der Waals surface area contributed by atoms with Crippen LogP contribution in [0.5, 0.6) is 0 Å². The lowest BCUT2D eigenvalue weighted by Crippen LogP contribution is -2.55. The average Bonchev–Trinajstić information content (AvgIpc) is 2.69. The number of rotatable bonds is 7. The van der Waals surface area contributed by atoms with Crippen LogP contribution in [0, 0.1) is 0 Å². The molecule has 0 radical (unpaired) electrons. The minimum Gasteiger partial charge on any atom is -0.416 e. The van der Waals surface area contributed by atoms with E-state index in [0.717, 1.165) is 13.0 Å². The van der Waals surface area contributed by atoms with Crippen LogP contribution in [0.1, 0.15) is 30.0 Å². The van der Waals surface area contributed by atoms with Crippen molar-refractivity contribution in [2.75, 3.05) is 6.61 Å². The Morgan fingerprint density at radius 2 is 1.00 bits per heavy atom. The van der Waals surface area contributed by atoms with E-state index in [0.29, 0.717) is 0 Å². The highest BCUT2D eigenvalue weighted by Gasteiger charge is 2.52. The topological polar surface area (TPSA) is 9.23 Å². The highest BCUT2D eigenvalue weighted by Crippen LogP contribution is 2.46. The van der Waals surface area contributed by atoms with Crippen molar-refractivity contribution in [2.24, 2.45) is 0 Å². The van der Waals surface area contributed by atoms with Crippen molar-refractivity contribution >= 4 is 8.32 Å². The van der Waals surface area contributed by atoms with Gasteiger partial charge in [-0.3, -0.25) is 0 Å². The molecule has 3 aromatic carbocycles. The molecule has 0 spiro atoms. The summed E-state index contributed by atoms with van der Waals surface area (Å²) in [5.74, 6) is 0. The molecule has 0 fully saturated rings. The molecule has 0 saturated carbocycles. The standard InChI is InChI=1S/C24H28OSi/c1-4-20-25-26(2,3)24(21-14-8-5-9-15-21,22-16-10-6-11-17-22)23-18-12-7-13-19-23/h5-19H,4,20H2,1-3H3. The first kappa shape index (κ1) is 18.6. The normalized spacial score (nSPS) is 12.1. The van der Waals surface area contributed by atoms with E-state index in [2.05, 4.69) is 111 Å². The first-order chi connectivity index (χ1) is 12.6. The molecule has 2 heteroatoms. The van der Waals surface area contributed by atoms with Gasteiger partial charge in [0.05, 0.1) is 5.04 Å². The average molecular weight is 361 g/mol. The summed E-state index contributed by atoms with van der Waals surface area (Å²) < 4.78 is 6.65. The lowest BCUT2D eigenvalue weighted by Gasteiger charge is -2.46. The molecule has 3 aromatic rings. The molecule has 3 rings (SSSR count). The molecular weight excluding hydrogens is 332 g/mol. The van der Waals surface area contributed by atoms with Crippen molar-refractivity contribution in [2.45, 2.75) is 31.5 Å². The molecule has 0 amide bonds. The second-order valence-corrected chi connectivity index (χ2v) is 11.3. The van der Waals surface area contributed by atoms with Crippen molar-refractivity contribution in [1.82, 2.24) is 0 Å². The van der Waals surface area contributed by atoms with Crippen LogP contribution in [0.3, 0.4) is 0 Å². The molecule has 0 aliphatic heterocycles. The molecule has 0 aliphatic carbocycles. The number of benzene rings is 3. The molecule has 0 aromatic heterocycles. The van der Waals surface area contributed by atoms with Gasteiger partial charge in [-0.15, -0.1) is 0 Å². The molecular formula is C24H28OSi. The van der Waals surface area contributed by atoms with Crippen molar-refractivity contribution in [3.05, 3.63) is 108 Å². The Kier molecular flexibility index (Phi) is 5.75. The Balaban J connectivity index is 2.36. The zero-order valence-electron chi connectivity index (χ0n) is 16.0. The first-order valence-corrected chi connectivity index (χ1v) is 12.3. The SMILES string of the molecule is CCCO[Si](C)(C)C(c1ccccc1)(c1ccccc1)c1ccccc1. The van der Waals surface area contributed by atoms with Gasteiger partial charge < -0.3 is 4.43 Å². The van der Waals surface area contributed by atoms with Crippen LogP contribution >= 0.6 is 0 Å². The Hall–Kier alpha value is -2.16. The third kappa shape index (κ3) is 3.27. The summed E-state index contributed by atoms with van der Waals surface area (Å²) in [4.78, 5) is 0. The van der Waals surface area contributed by atoms with E-state index >= 15 is 0 Å². The molecule has 1 nitrogen and oxygen atoms in total. The third-order valence-corrected chi connectivity index (χ3v) is 8.79. The van der Waals surface area contributed by atoms with Gasteiger partial charge in [0.2, 0.25) is 8.32 Å². The van der Waals surface area contributed by atoms with Crippen LogP contribution < -0.4 is 0 Å². The summed E-state index contributed by atoms with van der Waals surface area (Å²) in [6, 6.07) is 32.6. The molecule has 0 bridgehead atoms. The summed E-state index contributed by atoms with van der Waals surface area (Å²) in [6.45, 7) is 7.69. The van der Waals surface area contributed by atoms with Gasteiger partial charge in [-0.05, 0) is 36.2 Å². The number of hydrogen-bond acceptors (Lipinski definition) is 1. The molecule has 0 saturated heterocycles. The van der Waals surface area contributed by atoms with Crippen LogP contribution in [0.15, 0.2) is 91.0 Å². The minimum atomic E-state index is -2.23. The second kappa shape index (κ2) is 8.03. The summed E-state index contributed by atoms with van der Waals surface area (Å²) >= 11 is 0. The Morgan fingerprint density at radius 3 is 1.31 bits per heavy atom. The van der Waals surface area contributed by atoms with Gasteiger partial charge in [-0.2, -0.15) is 0 Å². The lowest BCUT2D eigenvalue weighted by atomic mass is 9.84. The van der Waals surface area contributed by atoms with Gasteiger partial charge in [0, 0.05) is 6.61 Å². The quantitative estimate of drug-likeness (QED) is 0.360. The molecule has 0 heterocycles. The summed E-state index contributed by atoms with van der Waals surface area (Å²) in [5.41, 5.74) is 3.93. The first-order valence-electron chi connectivity index (χ1n) is 9.43. The monoisotopic (exact) mass is 360 g/mol. The summed E-state index contributed by atoms with van der Waals surface area (Å²) in [6.07, 6.45) is 1.03. The smallest absolute Gasteiger partial charge is 0.205 e. The molecule has 134 valence electrons. The van der Waals surface area contributed by atoms with Gasteiger partial charge in [0.25, 0.3) is 0 Å². The van der Waals surface area contributed by atoms with Gasteiger partial charge in [0.1, 0.15) is 0 Å². The van der Waals surface area contributed by atoms with E-state index in [1.54, 1.807) is 0 Å². The highest BCUT2D eigenvalue weighted by molar-refractivity contribution is 6.76. The Morgan fingerprint density at radius 1 is 0.654 bits per heavy atom. The van der Waals surface area contributed by atoms with Gasteiger partial charge in [0.15, 0.2) is 0 Å². The van der Waals surface area contributed by atoms with Crippen LogP contribution in [-0.2, 0) is 9.46 Å². The van der Waals surface area contributed by atoms with Gasteiger partial charge in [-0.25, -0.2) is 0 Å². The largest absolute Gasteiger partial charge is 0.416 e. The zero-order chi connectivity index (χ0) is 18.5. The Labute approximate surface area is 158 Å². The maximum atomic E-state index is 6.65. The molecule has 0 atom stereocenters. The maximum Gasteiger partial charge on any atom is 0.205 e. The van der Waals surface area contributed by atoms with Crippen molar-refractivity contribution in [3.63, 3.8) is 0 Å². The predicted octanol–water partition coefficient (Wildman–Crippen LogP) is 6.19. The van der Waals surface area contributed by atoms with E-state index in [1.165, 1.54) is 16.7 Å². The van der Waals surface area contributed by atoms with Gasteiger partial charge in [-0.1, -0.05) is 97.9 Å². The number of hydrogen-bond donors (Lipinski definition) is 0. The van der Waals surface area contributed by atoms with Crippen LogP contribution in [0.25, 0.3) is 0 Å². The van der Waals surface area contributed by atoms with Crippen LogP contribution in [0.4, 0.5) is 0 Å². The fourth-order valence-corrected chi connectivity index (χ4v) is 7.59. The van der Waals surface area contributed by atoms with E-state index in [4.69, 9.17) is 4.43 Å². The maximum absolute atomic E-state index is 6.65. The fraction of sp³-hybridized carbons (Fsp3) is 0.250. The van der Waals surface area contributed by atoms with Crippen molar-refractivity contribution in [3.8, 4) is 0 Å². The summed E-state index contributed by atoms with van der Waals surface area (Å²) in [7, 11) is -2.23. The molecule has 26 heavy (non-hydrogen) atoms. The molecule has 0 unspecified atom stereocenters. The van der Waals surface area contributed by atoms with Crippen LogP contribution in [0.2, 0.25) is 13.1 Å². The Bertz CT molecular complexity index is 701. The van der Waals surface area contributed by atoms with E-state index in [1.807, 2.05) is 0 Å². The van der Waals surface area contributed by atoms with Gasteiger partial charge >= 0.3 is 0 Å². The summed E-state index contributed by atoms with van der Waals surface area (Å²) in [5, 5.41) is -0.258. The highest BCUT2D eigenvalue weighted by atomic mass is 28.4. The van der Waals surface area contributed by atoms with Crippen LogP contribution in [-0.4, -0.2) is 14.9 Å². The minimum absolute atomic E-state index is 0.258. The fourth-order valence-electron chi connectivity index (χ4n) is 4.07. The second-order valence-electron chi connectivity index (χ2n) is 7.21. The van der Waals surface area contributed by atoms with E-state index in [-0.39, 0.29) is 5.04 Å². The lowest BCUT2D eigenvalue weighted by molar-refractivity contribution is 0.293. The third-order valence-electron chi connectivity index (χ3n) is 5.19. The van der Waals surface area contributed by atoms with E-state index < -0.39 is 8.32 Å².